The third-order valence-electron chi connectivity index (χ3n) is 5.17. The molecule has 0 saturated heterocycles. The minimum atomic E-state index is -1.39. The van der Waals surface area contributed by atoms with Gasteiger partial charge in [0.2, 0.25) is 0 Å². The summed E-state index contributed by atoms with van der Waals surface area (Å²) in [5.74, 6) is -2.20. The Morgan fingerprint density at radius 1 is 1.46 bits per heavy atom. The van der Waals surface area contributed by atoms with Gasteiger partial charge in [-0.3, -0.25) is 4.79 Å². The number of halogens is 1. The van der Waals surface area contributed by atoms with Gasteiger partial charge in [-0.2, -0.15) is 0 Å². The number of benzene rings is 1. The molecule has 0 spiro atoms. The average molecular weight is 337 g/mol. The summed E-state index contributed by atoms with van der Waals surface area (Å²) in [6, 6.07) is 3.04. The van der Waals surface area contributed by atoms with Crippen LogP contribution >= 0.6 is 0 Å². The molecular weight excluding hydrogens is 312 g/mol. The van der Waals surface area contributed by atoms with E-state index in [0.717, 1.165) is 0 Å². The maximum atomic E-state index is 14.4. The van der Waals surface area contributed by atoms with Gasteiger partial charge in [-0.05, 0) is 61.7 Å². The summed E-state index contributed by atoms with van der Waals surface area (Å²) in [6.07, 6.45) is 2.29. The van der Waals surface area contributed by atoms with E-state index in [4.69, 9.17) is 15.8 Å². The van der Waals surface area contributed by atoms with E-state index >= 15 is 0 Å². The van der Waals surface area contributed by atoms with Crippen molar-refractivity contribution in [3.05, 3.63) is 34.6 Å². The number of hydrogen-bond donors (Lipinski definition) is 4. The second-order valence-corrected chi connectivity index (χ2v) is 6.99. The average Bonchev–Trinajstić information content (AvgIpc) is 2.83. The number of nitrogens with two attached hydrogens (primary N) is 1. The highest BCUT2D eigenvalue weighted by Gasteiger charge is 2.39. The maximum absolute atomic E-state index is 14.4. The second-order valence-electron chi connectivity index (χ2n) is 6.99. The Morgan fingerprint density at radius 3 is 2.67 bits per heavy atom. The molecule has 3 atom stereocenters. The SMILES string of the molecule is CC[C@@](C)(N)c1cc2c(cc1F)C[C@H](CCCB(O)O)[C@@H]2C(=O)O. The van der Waals surface area contributed by atoms with Crippen molar-refractivity contribution in [1.82, 2.24) is 0 Å². The Kier molecular flexibility index (Phi) is 5.68. The molecule has 0 aromatic heterocycles. The first-order valence-corrected chi connectivity index (χ1v) is 8.38. The Bertz CT molecular complexity index is 621. The number of fused-ring (bicyclic) bond motifs is 1. The van der Waals surface area contributed by atoms with E-state index in [1.807, 2.05) is 6.92 Å². The minimum Gasteiger partial charge on any atom is -0.481 e. The molecule has 24 heavy (non-hydrogen) atoms. The third kappa shape index (κ3) is 3.79. The van der Waals surface area contributed by atoms with Gasteiger partial charge in [-0.15, -0.1) is 0 Å². The number of carboxylic acids is 1. The lowest BCUT2D eigenvalue weighted by atomic mass is 9.80. The van der Waals surface area contributed by atoms with E-state index in [1.165, 1.54) is 6.07 Å². The van der Waals surface area contributed by atoms with Gasteiger partial charge in [-0.25, -0.2) is 4.39 Å². The summed E-state index contributed by atoms with van der Waals surface area (Å²) >= 11 is 0. The van der Waals surface area contributed by atoms with Crippen LogP contribution in [0.1, 0.15) is 55.7 Å². The van der Waals surface area contributed by atoms with Crippen molar-refractivity contribution in [2.45, 2.75) is 57.3 Å². The number of aliphatic carboxylic acids is 1. The molecule has 132 valence electrons. The van der Waals surface area contributed by atoms with Crippen molar-refractivity contribution < 1.29 is 24.3 Å². The van der Waals surface area contributed by atoms with Gasteiger partial charge in [-0.1, -0.05) is 13.3 Å². The summed E-state index contributed by atoms with van der Waals surface area (Å²) in [7, 11) is -1.39. The maximum Gasteiger partial charge on any atom is 0.451 e. The van der Waals surface area contributed by atoms with Crippen molar-refractivity contribution in [3.63, 3.8) is 0 Å². The number of hydrogen-bond acceptors (Lipinski definition) is 4. The number of carbonyl (C=O) groups is 1. The molecule has 1 aromatic carbocycles. The highest BCUT2D eigenvalue weighted by Crippen LogP contribution is 2.43. The fraction of sp³-hybridized carbons (Fsp3) is 0.588. The van der Waals surface area contributed by atoms with Crippen molar-refractivity contribution in [2.24, 2.45) is 11.7 Å². The molecule has 0 radical (unpaired) electrons. The highest BCUT2D eigenvalue weighted by molar-refractivity contribution is 6.40. The van der Waals surface area contributed by atoms with Gasteiger partial charge in [0.05, 0.1) is 5.92 Å². The molecule has 7 heteroatoms. The van der Waals surface area contributed by atoms with Crippen LogP contribution in [0.15, 0.2) is 12.1 Å². The Morgan fingerprint density at radius 2 is 2.12 bits per heavy atom. The zero-order valence-electron chi connectivity index (χ0n) is 14.1. The van der Waals surface area contributed by atoms with Crippen molar-refractivity contribution >= 4 is 13.1 Å². The fourth-order valence-corrected chi connectivity index (χ4v) is 3.55. The normalized spacial score (nSPS) is 22.1. The lowest BCUT2D eigenvalue weighted by Gasteiger charge is -2.25. The molecule has 2 rings (SSSR count). The molecule has 0 fully saturated rings. The third-order valence-corrected chi connectivity index (χ3v) is 5.17. The molecular formula is C17H25BFNO4. The van der Waals surface area contributed by atoms with E-state index in [1.54, 1.807) is 13.0 Å². The van der Waals surface area contributed by atoms with Crippen LogP contribution in [0.2, 0.25) is 6.32 Å². The van der Waals surface area contributed by atoms with Gasteiger partial charge in [0.1, 0.15) is 5.82 Å². The number of carboxylic acid groups (broad SMARTS) is 1. The smallest absolute Gasteiger partial charge is 0.451 e. The molecule has 0 heterocycles. The summed E-state index contributed by atoms with van der Waals surface area (Å²) in [4.78, 5) is 11.8. The first kappa shape index (κ1) is 18.9. The molecule has 0 bridgehead atoms. The molecule has 0 aliphatic heterocycles. The van der Waals surface area contributed by atoms with Crippen LogP contribution in [0, 0.1) is 11.7 Å². The predicted molar refractivity (Wildman–Crippen MR) is 90.0 cm³/mol. The van der Waals surface area contributed by atoms with Crippen LogP contribution in [-0.2, 0) is 16.8 Å². The first-order chi connectivity index (χ1) is 11.2. The van der Waals surface area contributed by atoms with E-state index < -0.39 is 30.4 Å². The largest absolute Gasteiger partial charge is 0.481 e. The lowest BCUT2D eigenvalue weighted by molar-refractivity contribution is -0.139. The molecule has 0 unspecified atom stereocenters. The van der Waals surface area contributed by atoms with Gasteiger partial charge < -0.3 is 20.9 Å². The van der Waals surface area contributed by atoms with Crippen molar-refractivity contribution in [1.29, 1.82) is 0 Å². The van der Waals surface area contributed by atoms with Gasteiger partial charge in [0.15, 0.2) is 0 Å². The van der Waals surface area contributed by atoms with E-state index in [9.17, 15) is 14.3 Å². The van der Waals surface area contributed by atoms with Gasteiger partial charge in [0.25, 0.3) is 0 Å². The molecule has 0 saturated carbocycles. The molecule has 0 amide bonds. The monoisotopic (exact) mass is 337 g/mol. The highest BCUT2D eigenvalue weighted by atomic mass is 19.1. The Hall–Kier alpha value is -1.44. The van der Waals surface area contributed by atoms with E-state index in [0.29, 0.717) is 42.4 Å². The van der Waals surface area contributed by atoms with Gasteiger partial charge in [0, 0.05) is 11.1 Å². The van der Waals surface area contributed by atoms with E-state index in [-0.39, 0.29) is 12.2 Å². The molecule has 5 N–H and O–H groups in total. The molecule has 1 aliphatic carbocycles. The van der Waals surface area contributed by atoms with Crippen LogP contribution < -0.4 is 5.73 Å². The summed E-state index contributed by atoms with van der Waals surface area (Å²) < 4.78 is 14.4. The Labute approximate surface area is 141 Å². The van der Waals surface area contributed by atoms with Crippen LogP contribution in [0.4, 0.5) is 4.39 Å². The molecule has 5 nitrogen and oxygen atoms in total. The predicted octanol–water partition coefficient (Wildman–Crippen LogP) is 2.00. The van der Waals surface area contributed by atoms with Crippen molar-refractivity contribution in [3.8, 4) is 0 Å². The minimum absolute atomic E-state index is 0.170. The van der Waals surface area contributed by atoms with E-state index in [2.05, 4.69) is 0 Å². The molecule has 1 aromatic rings. The molecule has 1 aliphatic rings. The standard InChI is InChI=1S/C17H25BFNO4/c1-3-17(2,20)13-9-12-11(8-14(13)19)7-10(15(12)16(21)22)5-4-6-18(23)24/h8-10,15,23-24H,3-7,20H2,1-2H3,(H,21,22)/t10-,15-,17+/m0/s1. The fourth-order valence-electron chi connectivity index (χ4n) is 3.55. The quantitative estimate of drug-likeness (QED) is 0.570. The van der Waals surface area contributed by atoms with Crippen LogP contribution in [0.25, 0.3) is 0 Å². The Balaban J connectivity index is 2.33. The van der Waals surface area contributed by atoms with Crippen molar-refractivity contribution in [2.75, 3.05) is 0 Å². The van der Waals surface area contributed by atoms with Gasteiger partial charge >= 0.3 is 13.1 Å². The van der Waals surface area contributed by atoms with Crippen LogP contribution in [0.5, 0.6) is 0 Å². The second kappa shape index (κ2) is 7.21. The zero-order valence-corrected chi connectivity index (χ0v) is 14.1. The van der Waals surface area contributed by atoms with Crippen LogP contribution in [-0.4, -0.2) is 28.2 Å². The first-order valence-electron chi connectivity index (χ1n) is 8.38. The number of rotatable bonds is 7. The lowest BCUT2D eigenvalue weighted by Crippen LogP contribution is -2.33. The topological polar surface area (TPSA) is 104 Å². The zero-order chi connectivity index (χ0) is 18.1. The summed E-state index contributed by atoms with van der Waals surface area (Å²) in [5, 5.41) is 27.5. The summed E-state index contributed by atoms with van der Waals surface area (Å²) in [5.41, 5.74) is 7.01. The summed E-state index contributed by atoms with van der Waals surface area (Å²) in [6.45, 7) is 3.60. The van der Waals surface area contributed by atoms with Crippen LogP contribution in [0.3, 0.4) is 0 Å².